The van der Waals surface area contributed by atoms with Crippen molar-refractivity contribution in [2.45, 2.75) is 4.90 Å². The van der Waals surface area contributed by atoms with E-state index in [0.29, 0.717) is 5.69 Å². The molecule has 0 aliphatic heterocycles. The summed E-state index contributed by atoms with van der Waals surface area (Å²) in [7, 11) is -0.519. The SMILES string of the molecule is CN(C)S(=O)(=O)c1cccc(NC(=S)N/N=C/c2ccccc2I)c1. The number of anilines is 1. The number of hydrogen-bond donors (Lipinski definition) is 2. The van der Waals surface area contributed by atoms with E-state index in [1.54, 1.807) is 18.3 Å². The van der Waals surface area contributed by atoms with Crippen molar-refractivity contribution in [1.29, 1.82) is 0 Å². The number of hydrogen-bond acceptors (Lipinski definition) is 4. The van der Waals surface area contributed by atoms with Crippen LogP contribution in [0.5, 0.6) is 0 Å². The first-order chi connectivity index (χ1) is 11.8. The van der Waals surface area contributed by atoms with Gasteiger partial charge in [0.25, 0.3) is 0 Å². The molecule has 2 N–H and O–H groups in total. The summed E-state index contributed by atoms with van der Waals surface area (Å²) in [5, 5.41) is 7.27. The molecule has 0 heterocycles. The largest absolute Gasteiger partial charge is 0.331 e. The highest BCUT2D eigenvalue weighted by Crippen LogP contribution is 2.17. The first-order valence-electron chi connectivity index (χ1n) is 7.18. The molecule has 9 heteroatoms. The molecule has 2 rings (SSSR count). The van der Waals surface area contributed by atoms with Crippen molar-refractivity contribution in [2.24, 2.45) is 5.10 Å². The van der Waals surface area contributed by atoms with Gasteiger partial charge in [-0.1, -0.05) is 24.3 Å². The van der Waals surface area contributed by atoms with Crippen molar-refractivity contribution in [3.63, 3.8) is 0 Å². The molecule has 132 valence electrons. The van der Waals surface area contributed by atoms with Gasteiger partial charge in [-0.25, -0.2) is 12.7 Å². The van der Waals surface area contributed by atoms with E-state index in [1.165, 1.54) is 26.2 Å². The van der Waals surface area contributed by atoms with E-state index in [1.807, 2.05) is 24.3 Å². The minimum Gasteiger partial charge on any atom is -0.331 e. The molecule has 0 amide bonds. The van der Waals surface area contributed by atoms with Crippen LogP contribution in [0.1, 0.15) is 5.56 Å². The van der Waals surface area contributed by atoms with E-state index in [9.17, 15) is 8.42 Å². The smallest absolute Gasteiger partial charge is 0.242 e. The zero-order valence-corrected chi connectivity index (χ0v) is 17.4. The predicted molar refractivity (Wildman–Crippen MR) is 113 cm³/mol. The molecule has 25 heavy (non-hydrogen) atoms. The van der Waals surface area contributed by atoms with Crippen LogP contribution >= 0.6 is 34.8 Å². The lowest BCUT2D eigenvalue weighted by Gasteiger charge is -2.13. The molecule has 2 aromatic carbocycles. The summed E-state index contributed by atoms with van der Waals surface area (Å²) in [6.45, 7) is 0. The van der Waals surface area contributed by atoms with E-state index >= 15 is 0 Å². The molecular weight excluding hydrogens is 471 g/mol. The predicted octanol–water partition coefficient (Wildman–Crippen LogP) is 2.86. The molecule has 0 aromatic heterocycles. The van der Waals surface area contributed by atoms with Crippen LogP contribution in [0.3, 0.4) is 0 Å². The normalized spacial score (nSPS) is 11.7. The first-order valence-corrected chi connectivity index (χ1v) is 10.1. The zero-order chi connectivity index (χ0) is 18.4. The van der Waals surface area contributed by atoms with E-state index in [-0.39, 0.29) is 10.0 Å². The molecule has 2 aromatic rings. The molecule has 0 fully saturated rings. The van der Waals surface area contributed by atoms with Gasteiger partial charge in [0.2, 0.25) is 10.0 Å². The van der Waals surface area contributed by atoms with Gasteiger partial charge in [-0.3, -0.25) is 5.43 Å². The van der Waals surface area contributed by atoms with Crippen molar-refractivity contribution in [3.8, 4) is 0 Å². The second-order valence-corrected chi connectivity index (χ2v) is 8.88. The number of nitrogens with one attached hydrogen (secondary N) is 2. The third-order valence-electron chi connectivity index (χ3n) is 3.15. The summed E-state index contributed by atoms with van der Waals surface area (Å²) in [5.74, 6) is 0. The van der Waals surface area contributed by atoms with Crippen molar-refractivity contribution in [1.82, 2.24) is 9.73 Å². The fourth-order valence-corrected chi connectivity index (χ4v) is 3.49. The maximum absolute atomic E-state index is 12.2. The molecule has 0 radical (unpaired) electrons. The topological polar surface area (TPSA) is 73.8 Å². The quantitative estimate of drug-likeness (QED) is 0.293. The Labute approximate surface area is 166 Å². The summed E-state index contributed by atoms with van der Waals surface area (Å²) >= 11 is 7.40. The Morgan fingerprint density at radius 1 is 1.20 bits per heavy atom. The van der Waals surface area contributed by atoms with Gasteiger partial charge in [-0.15, -0.1) is 0 Å². The molecule has 0 aliphatic carbocycles. The Bertz CT molecular complexity index is 899. The van der Waals surface area contributed by atoms with Gasteiger partial charge < -0.3 is 5.32 Å². The summed E-state index contributed by atoms with van der Waals surface area (Å²) in [4.78, 5) is 0.188. The fourth-order valence-electron chi connectivity index (χ4n) is 1.84. The number of thiocarbonyl (C=S) groups is 1. The van der Waals surface area contributed by atoms with Crippen molar-refractivity contribution in [3.05, 3.63) is 57.7 Å². The third kappa shape index (κ3) is 5.46. The first kappa shape index (κ1) is 19.8. The fraction of sp³-hybridized carbons (Fsp3) is 0.125. The van der Waals surface area contributed by atoms with Gasteiger partial charge >= 0.3 is 0 Å². The van der Waals surface area contributed by atoms with Gasteiger partial charge in [0, 0.05) is 28.9 Å². The molecule has 0 saturated heterocycles. The molecular formula is C16H17IN4O2S2. The number of halogens is 1. The molecule has 0 aliphatic rings. The second kappa shape index (κ2) is 8.70. The van der Waals surface area contributed by atoms with Crippen LogP contribution < -0.4 is 10.7 Å². The molecule has 0 saturated carbocycles. The minimum absolute atomic E-state index is 0.188. The minimum atomic E-state index is -3.49. The summed E-state index contributed by atoms with van der Waals surface area (Å²) in [6, 6.07) is 14.2. The number of nitrogens with zero attached hydrogens (tertiary/aromatic N) is 2. The van der Waals surface area contributed by atoms with Crippen LogP contribution in [0.4, 0.5) is 5.69 Å². The summed E-state index contributed by atoms with van der Waals surface area (Å²) < 4.78 is 26.5. The van der Waals surface area contributed by atoms with Gasteiger partial charge in [-0.2, -0.15) is 5.10 Å². The van der Waals surface area contributed by atoms with Crippen molar-refractivity contribution >= 4 is 61.8 Å². The number of sulfonamides is 1. The van der Waals surface area contributed by atoms with Crippen LogP contribution in [-0.2, 0) is 10.0 Å². The standard InChI is InChI=1S/C16H17IN4O2S2/c1-21(2)25(22,23)14-8-5-7-13(10-14)19-16(24)20-18-11-12-6-3-4-9-15(12)17/h3-11H,1-2H3,(H2,19,20,24)/b18-11+. The average Bonchev–Trinajstić information content (AvgIpc) is 2.56. The summed E-state index contributed by atoms with van der Waals surface area (Å²) in [5.41, 5.74) is 4.24. The van der Waals surface area contributed by atoms with Gasteiger partial charge in [0.15, 0.2) is 5.11 Å². The van der Waals surface area contributed by atoms with Gasteiger partial charge in [0.05, 0.1) is 11.1 Å². The Hall–Kier alpha value is -1.56. The second-order valence-electron chi connectivity index (χ2n) is 5.16. The van der Waals surface area contributed by atoms with E-state index < -0.39 is 10.0 Å². The highest BCUT2D eigenvalue weighted by Gasteiger charge is 2.17. The third-order valence-corrected chi connectivity index (χ3v) is 6.13. The number of benzene rings is 2. The van der Waals surface area contributed by atoms with Crippen LogP contribution in [-0.4, -0.2) is 38.1 Å². The van der Waals surface area contributed by atoms with Gasteiger partial charge in [-0.05, 0) is 59.1 Å². The molecule has 0 bridgehead atoms. The highest BCUT2D eigenvalue weighted by molar-refractivity contribution is 14.1. The molecule has 0 atom stereocenters. The van der Waals surface area contributed by atoms with E-state index in [0.717, 1.165) is 13.4 Å². The average molecular weight is 488 g/mol. The lowest BCUT2D eigenvalue weighted by Crippen LogP contribution is -2.25. The molecule has 6 nitrogen and oxygen atoms in total. The van der Waals surface area contributed by atoms with E-state index in [4.69, 9.17) is 12.2 Å². The van der Waals surface area contributed by atoms with Crippen molar-refractivity contribution < 1.29 is 8.42 Å². The number of rotatable bonds is 5. The van der Waals surface area contributed by atoms with E-state index in [2.05, 4.69) is 38.4 Å². The maximum atomic E-state index is 12.2. The van der Waals surface area contributed by atoms with Gasteiger partial charge in [0.1, 0.15) is 0 Å². The Kier molecular flexibility index (Phi) is 6.87. The zero-order valence-electron chi connectivity index (χ0n) is 13.6. The Balaban J connectivity index is 2.03. The highest BCUT2D eigenvalue weighted by atomic mass is 127. The van der Waals surface area contributed by atoms with Crippen LogP contribution in [0, 0.1) is 3.57 Å². The summed E-state index contributed by atoms with van der Waals surface area (Å²) in [6.07, 6.45) is 1.67. The monoisotopic (exact) mass is 488 g/mol. The Morgan fingerprint density at radius 3 is 2.60 bits per heavy atom. The van der Waals surface area contributed by atoms with Crippen LogP contribution in [0.15, 0.2) is 58.5 Å². The van der Waals surface area contributed by atoms with Crippen LogP contribution in [0.25, 0.3) is 0 Å². The lowest BCUT2D eigenvalue weighted by atomic mass is 10.2. The molecule has 0 unspecified atom stereocenters. The van der Waals surface area contributed by atoms with Crippen molar-refractivity contribution in [2.75, 3.05) is 19.4 Å². The Morgan fingerprint density at radius 2 is 1.92 bits per heavy atom. The number of hydrazone groups is 1. The van der Waals surface area contributed by atoms with Crippen LogP contribution in [0.2, 0.25) is 0 Å². The maximum Gasteiger partial charge on any atom is 0.242 e. The lowest BCUT2D eigenvalue weighted by molar-refractivity contribution is 0.521. The molecule has 0 spiro atoms.